The van der Waals surface area contributed by atoms with Crippen molar-refractivity contribution in [1.82, 2.24) is 4.98 Å². The number of carbonyl (C=O) groups excluding carboxylic acids is 1. The summed E-state index contributed by atoms with van der Waals surface area (Å²) in [6.45, 7) is 0. The van der Waals surface area contributed by atoms with Crippen molar-refractivity contribution in [3.8, 4) is 0 Å². The minimum Gasteiger partial charge on any atom is -0.294 e. The zero-order chi connectivity index (χ0) is 13.7. The van der Waals surface area contributed by atoms with E-state index in [1.54, 1.807) is 42.7 Å². The maximum atomic E-state index is 11.8. The van der Waals surface area contributed by atoms with Crippen LogP contribution in [0.25, 0.3) is 6.08 Å². The van der Waals surface area contributed by atoms with E-state index in [1.165, 1.54) is 6.08 Å². The van der Waals surface area contributed by atoms with Crippen LogP contribution in [0.2, 0.25) is 10.0 Å². The maximum absolute atomic E-state index is 11.8. The minimum absolute atomic E-state index is 0.0241. The highest BCUT2D eigenvalue weighted by atomic mass is 35.5. The molecule has 0 bridgehead atoms. The van der Waals surface area contributed by atoms with Crippen LogP contribution in [0.4, 0.5) is 0 Å². The first kappa shape index (κ1) is 13.8. The van der Waals surface area contributed by atoms with Crippen LogP contribution >= 0.6 is 23.2 Å². The number of carbonyl (C=O) groups is 1. The van der Waals surface area contributed by atoms with Crippen molar-refractivity contribution in [3.63, 3.8) is 0 Å². The average Bonchev–Trinajstić information content (AvgIpc) is 2.39. The Kier molecular flexibility index (Phi) is 4.72. The van der Waals surface area contributed by atoms with E-state index in [1.807, 2.05) is 6.07 Å². The lowest BCUT2D eigenvalue weighted by atomic mass is 10.1. The lowest BCUT2D eigenvalue weighted by Crippen LogP contribution is -1.98. The Labute approximate surface area is 121 Å². The van der Waals surface area contributed by atoms with Gasteiger partial charge in [-0.15, -0.1) is 0 Å². The van der Waals surface area contributed by atoms with E-state index in [0.29, 0.717) is 22.0 Å². The van der Waals surface area contributed by atoms with Crippen LogP contribution < -0.4 is 0 Å². The third-order valence-corrected chi connectivity index (χ3v) is 3.20. The van der Waals surface area contributed by atoms with Crippen LogP contribution in [0.1, 0.15) is 11.1 Å². The summed E-state index contributed by atoms with van der Waals surface area (Å²) in [7, 11) is 0. The molecule has 96 valence electrons. The normalized spacial score (nSPS) is 10.8. The molecule has 0 spiro atoms. The second-order valence-corrected chi connectivity index (χ2v) is 4.79. The fraction of sp³-hybridized carbons (Fsp3) is 0.0667. The molecule has 0 saturated heterocycles. The summed E-state index contributed by atoms with van der Waals surface area (Å²) in [6, 6.07) is 8.90. The molecule has 0 unspecified atom stereocenters. The Bertz CT molecular complexity index is 589. The molecular weight excluding hydrogens is 281 g/mol. The van der Waals surface area contributed by atoms with E-state index in [9.17, 15) is 4.79 Å². The van der Waals surface area contributed by atoms with Crippen molar-refractivity contribution in [1.29, 1.82) is 0 Å². The van der Waals surface area contributed by atoms with Gasteiger partial charge in [0.2, 0.25) is 0 Å². The Morgan fingerprint density at radius 1 is 1.16 bits per heavy atom. The Morgan fingerprint density at radius 3 is 2.53 bits per heavy atom. The lowest BCUT2D eigenvalue weighted by Gasteiger charge is -2.00. The molecule has 1 aromatic carbocycles. The number of pyridine rings is 1. The first-order chi connectivity index (χ1) is 9.16. The first-order valence-corrected chi connectivity index (χ1v) is 6.46. The third-order valence-electron chi connectivity index (χ3n) is 2.54. The molecule has 0 aliphatic rings. The molecule has 4 heteroatoms. The van der Waals surface area contributed by atoms with Gasteiger partial charge in [0.15, 0.2) is 5.78 Å². The molecular formula is C15H11Cl2NO. The smallest absolute Gasteiger partial charge is 0.160 e. The highest BCUT2D eigenvalue weighted by Crippen LogP contribution is 2.25. The van der Waals surface area contributed by atoms with Gasteiger partial charge in [0, 0.05) is 34.4 Å². The van der Waals surface area contributed by atoms with Crippen molar-refractivity contribution in [3.05, 3.63) is 70.0 Å². The van der Waals surface area contributed by atoms with Crippen molar-refractivity contribution >= 4 is 35.1 Å². The quantitative estimate of drug-likeness (QED) is 0.790. The van der Waals surface area contributed by atoms with Crippen LogP contribution in [-0.4, -0.2) is 10.8 Å². The average molecular weight is 292 g/mol. The van der Waals surface area contributed by atoms with Crippen LogP contribution in [0, 0.1) is 0 Å². The molecule has 0 amide bonds. The van der Waals surface area contributed by atoms with Crippen molar-refractivity contribution in [2.45, 2.75) is 6.42 Å². The van der Waals surface area contributed by atoms with Crippen molar-refractivity contribution < 1.29 is 4.79 Å². The zero-order valence-corrected chi connectivity index (χ0v) is 11.5. The molecule has 0 aliphatic heterocycles. The Balaban J connectivity index is 2.09. The highest BCUT2D eigenvalue weighted by Gasteiger charge is 2.03. The van der Waals surface area contributed by atoms with Gasteiger partial charge in [-0.2, -0.15) is 0 Å². The molecule has 2 rings (SSSR count). The second-order valence-electron chi connectivity index (χ2n) is 3.97. The largest absolute Gasteiger partial charge is 0.294 e. The number of hydrogen-bond acceptors (Lipinski definition) is 2. The molecule has 0 aliphatic carbocycles. The molecule has 1 aromatic heterocycles. The minimum atomic E-state index is -0.0241. The summed E-state index contributed by atoms with van der Waals surface area (Å²) in [6.07, 6.45) is 6.79. The summed E-state index contributed by atoms with van der Waals surface area (Å²) < 4.78 is 0. The van der Waals surface area contributed by atoms with Crippen LogP contribution in [0.5, 0.6) is 0 Å². The topological polar surface area (TPSA) is 30.0 Å². The van der Waals surface area contributed by atoms with E-state index in [2.05, 4.69) is 4.98 Å². The summed E-state index contributed by atoms with van der Waals surface area (Å²) in [5, 5.41) is 1.05. The van der Waals surface area contributed by atoms with Crippen molar-refractivity contribution in [2.24, 2.45) is 0 Å². The van der Waals surface area contributed by atoms with E-state index in [0.717, 1.165) is 5.56 Å². The third kappa shape index (κ3) is 3.91. The summed E-state index contributed by atoms with van der Waals surface area (Å²) >= 11 is 12.0. The van der Waals surface area contributed by atoms with Crippen LogP contribution in [0.15, 0.2) is 48.8 Å². The standard InChI is InChI=1S/C15H11Cl2NO/c16-14-4-1-5-15(17)13(14)7-6-12(19)9-11-3-2-8-18-10-11/h1-8,10H,9H2. The number of hydrogen-bond donors (Lipinski definition) is 0. The number of benzene rings is 1. The van der Waals surface area contributed by atoms with Gasteiger partial charge in [-0.1, -0.05) is 35.3 Å². The van der Waals surface area contributed by atoms with Gasteiger partial charge in [0.25, 0.3) is 0 Å². The van der Waals surface area contributed by atoms with Gasteiger partial charge in [0.1, 0.15) is 0 Å². The predicted molar refractivity (Wildman–Crippen MR) is 78.4 cm³/mol. The predicted octanol–water partition coefficient (Wildman–Crippen LogP) is 4.21. The summed E-state index contributed by atoms with van der Waals surface area (Å²) in [5.74, 6) is -0.0241. The molecule has 0 radical (unpaired) electrons. The molecule has 0 saturated carbocycles. The fourth-order valence-electron chi connectivity index (χ4n) is 1.61. The Hall–Kier alpha value is -1.64. The molecule has 2 aromatic rings. The number of halogens is 2. The van der Waals surface area contributed by atoms with E-state index in [-0.39, 0.29) is 5.78 Å². The fourth-order valence-corrected chi connectivity index (χ4v) is 2.13. The van der Waals surface area contributed by atoms with Gasteiger partial charge in [-0.3, -0.25) is 9.78 Å². The van der Waals surface area contributed by atoms with E-state index < -0.39 is 0 Å². The number of aromatic nitrogens is 1. The summed E-state index contributed by atoms with van der Waals surface area (Å²) in [5.41, 5.74) is 1.53. The summed E-state index contributed by atoms with van der Waals surface area (Å²) in [4.78, 5) is 15.8. The number of nitrogens with zero attached hydrogens (tertiary/aromatic N) is 1. The lowest BCUT2D eigenvalue weighted by molar-refractivity contribution is -0.113. The van der Waals surface area contributed by atoms with Gasteiger partial charge < -0.3 is 0 Å². The maximum Gasteiger partial charge on any atom is 0.160 e. The first-order valence-electron chi connectivity index (χ1n) is 5.70. The Morgan fingerprint density at radius 2 is 1.89 bits per heavy atom. The SMILES string of the molecule is O=C(C=Cc1c(Cl)cccc1Cl)Cc1cccnc1. The monoisotopic (exact) mass is 291 g/mol. The molecule has 19 heavy (non-hydrogen) atoms. The molecule has 1 heterocycles. The molecule has 2 nitrogen and oxygen atoms in total. The van der Waals surface area contributed by atoms with Crippen molar-refractivity contribution in [2.75, 3.05) is 0 Å². The molecule has 0 fully saturated rings. The molecule has 0 atom stereocenters. The zero-order valence-electron chi connectivity index (χ0n) is 10.0. The van der Waals surface area contributed by atoms with E-state index in [4.69, 9.17) is 23.2 Å². The number of ketones is 1. The van der Waals surface area contributed by atoms with Gasteiger partial charge in [-0.25, -0.2) is 0 Å². The number of rotatable bonds is 4. The number of allylic oxidation sites excluding steroid dienone is 1. The second kappa shape index (κ2) is 6.50. The molecule has 0 N–H and O–H groups in total. The highest BCUT2D eigenvalue weighted by molar-refractivity contribution is 6.37. The van der Waals surface area contributed by atoms with Gasteiger partial charge in [-0.05, 0) is 35.9 Å². The van der Waals surface area contributed by atoms with E-state index >= 15 is 0 Å². The van der Waals surface area contributed by atoms with Gasteiger partial charge >= 0.3 is 0 Å². The van der Waals surface area contributed by atoms with Crippen LogP contribution in [-0.2, 0) is 11.2 Å². The van der Waals surface area contributed by atoms with Crippen LogP contribution in [0.3, 0.4) is 0 Å². The van der Waals surface area contributed by atoms with Gasteiger partial charge in [0.05, 0.1) is 0 Å².